The van der Waals surface area contributed by atoms with Crippen LogP contribution in [0, 0.1) is 23.5 Å². The average molecular weight is 1460 g/mol. The van der Waals surface area contributed by atoms with Gasteiger partial charge in [-0.3, -0.25) is 4.98 Å². The summed E-state index contributed by atoms with van der Waals surface area (Å²) >= 11 is 0. The first-order valence-electron chi connectivity index (χ1n) is 34.1. The number of nitrogens with zero attached hydrogens (tertiary/aromatic N) is 15. The number of pyridine rings is 1. The second-order valence-corrected chi connectivity index (χ2v) is 27.3. The topological polar surface area (TPSA) is 199 Å². The van der Waals surface area contributed by atoms with E-state index in [1.54, 1.807) is 0 Å². The summed E-state index contributed by atoms with van der Waals surface area (Å²) in [5, 5.41) is 39.8. The average Bonchev–Trinajstić information content (AvgIpc) is 0.994. The fraction of sp³-hybridized carbons (Fsp3) is 0.452. The van der Waals surface area contributed by atoms with Gasteiger partial charge in [0.2, 0.25) is 0 Å². The van der Waals surface area contributed by atoms with Crippen molar-refractivity contribution < 1.29 is 146 Å². The van der Waals surface area contributed by atoms with Gasteiger partial charge in [0.15, 0.2) is 23.5 Å². The number of anilines is 4. The maximum atomic E-state index is 16.2. The van der Waals surface area contributed by atoms with Crippen LogP contribution >= 0.6 is 0 Å². The summed E-state index contributed by atoms with van der Waals surface area (Å²) in [6.07, 6.45) is 9.40. The fourth-order valence-corrected chi connectivity index (χ4v) is 13.0. The molecule has 0 bridgehead atoms. The Kier molecular flexibility index (Phi) is 29.0. The minimum absolute atomic E-state index is 0. The zero-order valence-electron chi connectivity index (χ0n) is 61.1. The number of piperazine rings is 2. The first-order valence-corrected chi connectivity index (χ1v) is 34.1. The third-order valence-electron chi connectivity index (χ3n) is 19.6. The molecule has 0 radical (unpaired) electrons. The van der Waals surface area contributed by atoms with Gasteiger partial charge in [-0.05, 0) is 171 Å². The summed E-state index contributed by atoms with van der Waals surface area (Å²) in [7, 11) is -0.318. The van der Waals surface area contributed by atoms with Crippen molar-refractivity contribution in [3.63, 3.8) is 0 Å². The molecule has 8 heterocycles. The van der Waals surface area contributed by atoms with Gasteiger partial charge in [0.05, 0.1) is 29.8 Å². The summed E-state index contributed by atoms with van der Waals surface area (Å²) in [5.41, 5.74) is 3.60. The predicted molar refractivity (Wildman–Crippen MR) is 383 cm³/mol. The third-order valence-corrected chi connectivity index (χ3v) is 19.6. The van der Waals surface area contributed by atoms with Crippen LogP contribution < -0.4 is 128 Å². The molecule has 1 unspecified atom stereocenters. The Morgan fingerprint density at radius 2 is 1.03 bits per heavy atom. The molecule has 13 rings (SSSR count). The zero-order valence-corrected chi connectivity index (χ0v) is 67.2. The van der Waals surface area contributed by atoms with Crippen molar-refractivity contribution >= 4 is 48.8 Å². The van der Waals surface area contributed by atoms with Crippen molar-refractivity contribution in [2.45, 2.75) is 143 Å². The van der Waals surface area contributed by atoms with Crippen molar-refractivity contribution in [3.8, 4) is 33.9 Å². The van der Waals surface area contributed by atoms with Gasteiger partial charge in [0, 0.05) is 123 Å². The molecule has 4 aliphatic rings. The number of aliphatic hydroxyl groups excluding tert-OH is 1. The van der Waals surface area contributed by atoms with E-state index in [2.05, 4.69) is 192 Å². The Labute approximate surface area is 684 Å². The van der Waals surface area contributed by atoms with Crippen LogP contribution in [0.15, 0.2) is 153 Å². The van der Waals surface area contributed by atoms with Crippen LogP contribution in [-0.2, 0) is 45.6 Å². The number of halogens is 4. The molecule has 101 heavy (non-hydrogen) atoms. The molecule has 0 saturated carbocycles. The molecular weight excluding hydrogens is 1360 g/mol. The van der Waals surface area contributed by atoms with Crippen LogP contribution in [-0.4, -0.2) is 149 Å². The standard InChI is InChI=1S/C39H40F4N10O.C30H42BN5O2.C4H8O2.2K.H2S.H/c1-4-35(26(2)3)53-24-45-37(47-53)28-7-13-32(14-8-28)51-19-17-50(18-20-51)31-11-5-27(6-12-31)29-9-16-36(44-22-29)39(42,43)38(54,23-52-25-46-48-49-52)33-15-10-30(40)21-34(33)41;1-8-27(22(2)3)36-21-32-28(33-36)23-9-13-25(14-10-23)34-17-19-35(20-18-34)26-15-11-24(12-16-26)31-37-29(4,5)30(6,7)38-31;5-4-2-1-3-6-4;;;;/h5-16,21-22,24-26,35,54H,4,17-20,23H2,1-3H3;9-16,21-22,27H,8,17-20H2,1-7H3;4-5H,1-3H2;;;1H2;/q;;;2*+1;;-1/p-1/t35-,38-;27-;;;;;/m00...../s1/i;;;;;;1+2. The molecule has 0 spiro atoms. The van der Waals surface area contributed by atoms with Crippen LogP contribution in [0.3, 0.4) is 0 Å². The van der Waals surface area contributed by atoms with Gasteiger partial charge >= 0.3 is 116 Å². The molecule has 9 aromatic rings. The normalized spacial score (nSPS) is 17.8. The van der Waals surface area contributed by atoms with Crippen molar-refractivity contribution in [2.24, 2.45) is 11.8 Å². The van der Waals surface area contributed by atoms with E-state index in [0.717, 1.165) is 159 Å². The van der Waals surface area contributed by atoms with E-state index in [9.17, 15) is 13.9 Å². The molecule has 4 aliphatic heterocycles. The molecule has 0 aliphatic carbocycles. The number of thiol groups is 1. The third kappa shape index (κ3) is 19.2. The minimum atomic E-state index is -4.14. The zero-order chi connectivity index (χ0) is 69.5. The van der Waals surface area contributed by atoms with E-state index in [4.69, 9.17) is 29.3 Å². The number of aromatic nitrogens is 11. The first kappa shape index (κ1) is 81.7. The number of rotatable bonds is 19. The van der Waals surface area contributed by atoms with E-state index < -0.39 is 47.3 Å². The number of hydrogen-bond acceptors (Lipinski definition) is 18. The molecule has 4 aromatic heterocycles. The van der Waals surface area contributed by atoms with Gasteiger partial charge < -0.3 is 58.8 Å². The summed E-state index contributed by atoms with van der Waals surface area (Å²) in [6, 6.07) is 38.7. The van der Waals surface area contributed by atoms with Crippen molar-refractivity contribution in [1.82, 2.24) is 54.7 Å². The van der Waals surface area contributed by atoms with Gasteiger partial charge in [-0.2, -0.15) is 19.0 Å². The Morgan fingerprint density at radius 3 is 1.39 bits per heavy atom. The molecule has 4 saturated heterocycles. The van der Waals surface area contributed by atoms with Crippen molar-refractivity contribution in [3.05, 3.63) is 175 Å². The first-order chi connectivity index (χ1) is 46.9. The molecular formula is C73H92BF4K2N15O5S. The molecule has 4 fully saturated rings. The second kappa shape index (κ2) is 35.9. The number of tetrazole rings is 1. The molecule has 2 N–H and O–H groups in total. The summed E-state index contributed by atoms with van der Waals surface area (Å²) in [6.45, 7) is 28.6. The van der Waals surface area contributed by atoms with Gasteiger partial charge in [-0.1, -0.05) is 71.9 Å². The van der Waals surface area contributed by atoms with Crippen LogP contribution in [0.5, 0.6) is 0 Å². The number of hydrogen-bond donors (Lipinski definition) is 2. The SMILES string of the molecule is CC[C@@H](C(C)C)n1cnc(-c2ccc(N3CCN(c4ccc(-c5ccc(C(F)(F)[C@](O)(Cn6cnnn6)c6ccc(F)cc6F)nc5)cc4)CC3)cc2)n1.CC[C@@H](C(C)C)n1cnc(-c2ccc(N3CCN(c4ccc(B5OC(C)(C)C(C)(C)O5)cc4)CC3)cc2)n1.OC1CCCO1.[3H-].[K+].[K+].[SH-]. The predicted octanol–water partition coefficient (Wildman–Crippen LogP) is 6.03. The smallest absolute Gasteiger partial charge is 1.00 e. The van der Waals surface area contributed by atoms with Gasteiger partial charge in [0.1, 0.15) is 36.3 Å². The van der Waals surface area contributed by atoms with Crippen LogP contribution in [0.4, 0.5) is 40.3 Å². The second-order valence-electron chi connectivity index (χ2n) is 27.3. The van der Waals surface area contributed by atoms with E-state index in [-0.39, 0.29) is 136 Å². The Morgan fingerprint density at radius 1 is 0.594 bits per heavy atom. The number of ether oxygens (including phenoxy) is 1. The van der Waals surface area contributed by atoms with Crippen molar-refractivity contribution in [2.75, 3.05) is 78.6 Å². The van der Waals surface area contributed by atoms with Crippen molar-refractivity contribution in [1.29, 1.82) is 0 Å². The van der Waals surface area contributed by atoms with Gasteiger partial charge in [-0.25, -0.2) is 32.8 Å². The van der Waals surface area contributed by atoms with Crippen LogP contribution in [0.25, 0.3) is 33.9 Å². The van der Waals surface area contributed by atoms with E-state index in [1.807, 2.05) is 46.3 Å². The Bertz CT molecular complexity index is 4010. The molecule has 5 aromatic carbocycles. The Hall–Kier alpha value is -4.99. The van der Waals surface area contributed by atoms with E-state index in [1.165, 1.54) is 23.6 Å². The van der Waals surface area contributed by atoms with Gasteiger partial charge in [0.25, 0.3) is 0 Å². The van der Waals surface area contributed by atoms with Crippen LogP contribution in [0.1, 0.15) is 120 Å². The molecule has 4 atom stereocenters. The molecule has 528 valence electrons. The maximum Gasteiger partial charge on any atom is 1.00 e. The van der Waals surface area contributed by atoms with Gasteiger partial charge in [-0.15, -0.1) is 5.10 Å². The van der Waals surface area contributed by atoms with E-state index in [0.29, 0.717) is 35.5 Å². The largest absolute Gasteiger partial charge is 1.00 e. The Balaban J connectivity index is 0.000000266. The number of aliphatic hydroxyl groups is 2. The summed E-state index contributed by atoms with van der Waals surface area (Å²) in [5.74, 6) is -3.94. The molecule has 20 nitrogen and oxygen atoms in total. The summed E-state index contributed by atoms with van der Waals surface area (Å²) in [4.78, 5) is 22.7. The maximum absolute atomic E-state index is 16.2. The van der Waals surface area contributed by atoms with Crippen LogP contribution in [0.2, 0.25) is 0 Å². The molecule has 28 heteroatoms. The number of alkyl halides is 2. The number of benzene rings is 5. The fourth-order valence-electron chi connectivity index (χ4n) is 13.0. The van der Waals surface area contributed by atoms with E-state index >= 15 is 8.78 Å². The monoisotopic (exact) mass is 1460 g/mol. The summed E-state index contributed by atoms with van der Waals surface area (Å²) < 4.78 is 82.8. The molecule has 0 amide bonds. The quantitative estimate of drug-likeness (QED) is 0.0411. The minimum Gasteiger partial charge on any atom is -1.00 e.